The zero-order valence-corrected chi connectivity index (χ0v) is 11.0. The van der Waals surface area contributed by atoms with Gasteiger partial charge >= 0.3 is 0 Å². The molecule has 0 saturated heterocycles. The second-order valence-electron chi connectivity index (χ2n) is 4.33. The van der Waals surface area contributed by atoms with Crippen LogP contribution in [-0.2, 0) is 0 Å². The van der Waals surface area contributed by atoms with E-state index in [1.807, 2.05) is 48.5 Å². The van der Waals surface area contributed by atoms with Crippen LogP contribution in [-0.4, -0.2) is 12.1 Å². The Balaban J connectivity index is 2.04. The Kier molecular flexibility index (Phi) is 3.13. The van der Waals surface area contributed by atoms with E-state index in [2.05, 4.69) is 4.98 Å². The first kappa shape index (κ1) is 12.3. The number of ether oxygens (including phenoxy) is 2. The molecular formula is C16H14N2O2. The van der Waals surface area contributed by atoms with Crippen molar-refractivity contribution in [1.29, 1.82) is 0 Å². The highest BCUT2D eigenvalue weighted by atomic mass is 16.5. The highest BCUT2D eigenvalue weighted by Crippen LogP contribution is 2.32. The van der Waals surface area contributed by atoms with Crippen molar-refractivity contribution in [3.8, 4) is 17.2 Å². The van der Waals surface area contributed by atoms with Crippen LogP contribution in [0, 0.1) is 0 Å². The van der Waals surface area contributed by atoms with Crippen molar-refractivity contribution in [1.82, 2.24) is 4.98 Å². The van der Waals surface area contributed by atoms with Crippen LogP contribution in [0.4, 0.5) is 5.69 Å². The van der Waals surface area contributed by atoms with Gasteiger partial charge in [0.05, 0.1) is 18.3 Å². The molecule has 2 aromatic carbocycles. The molecule has 4 nitrogen and oxygen atoms in total. The molecule has 1 heterocycles. The molecule has 0 unspecified atom stereocenters. The van der Waals surface area contributed by atoms with E-state index in [0.29, 0.717) is 11.4 Å². The number of hydrogen-bond acceptors (Lipinski definition) is 4. The Morgan fingerprint density at radius 3 is 2.65 bits per heavy atom. The number of para-hydroxylation sites is 1. The summed E-state index contributed by atoms with van der Waals surface area (Å²) < 4.78 is 11.1. The third-order valence-corrected chi connectivity index (χ3v) is 3.03. The van der Waals surface area contributed by atoms with Crippen molar-refractivity contribution < 1.29 is 9.47 Å². The summed E-state index contributed by atoms with van der Waals surface area (Å²) in [5, 5.41) is 0.885. The standard InChI is InChI=1S/C16H14N2O2/c1-19-11-4-2-5-12(10-11)20-15-8-9-18-16-13(15)6-3-7-14(16)17/h2-10H,17H2,1H3. The van der Waals surface area contributed by atoms with Gasteiger partial charge in [-0.25, -0.2) is 0 Å². The van der Waals surface area contributed by atoms with Gasteiger partial charge in [0.1, 0.15) is 17.2 Å². The summed E-state index contributed by atoms with van der Waals surface area (Å²) in [6.07, 6.45) is 1.69. The average Bonchev–Trinajstić information content (AvgIpc) is 2.49. The van der Waals surface area contributed by atoms with E-state index >= 15 is 0 Å². The van der Waals surface area contributed by atoms with Crippen LogP contribution in [0.2, 0.25) is 0 Å². The molecule has 4 heteroatoms. The maximum Gasteiger partial charge on any atom is 0.138 e. The van der Waals surface area contributed by atoms with Gasteiger partial charge in [-0.2, -0.15) is 0 Å². The first-order valence-corrected chi connectivity index (χ1v) is 6.23. The summed E-state index contributed by atoms with van der Waals surface area (Å²) in [7, 11) is 1.63. The van der Waals surface area contributed by atoms with E-state index in [-0.39, 0.29) is 0 Å². The fraction of sp³-hybridized carbons (Fsp3) is 0.0625. The number of fused-ring (bicyclic) bond motifs is 1. The SMILES string of the molecule is COc1cccc(Oc2ccnc3c(N)cccc23)c1. The molecule has 0 atom stereocenters. The van der Waals surface area contributed by atoms with E-state index in [1.165, 1.54) is 0 Å². The Morgan fingerprint density at radius 1 is 1.00 bits per heavy atom. The minimum absolute atomic E-state index is 0.638. The van der Waals surface area contributed by atoms with Crippen molar-refractivity contribution in [3.63, 3.8) is 0 Å². The summed E-state index contributed by atoms with van der Waals surface area (Å²) >= 11 is 0. The minimum Gasteiger partial charge on any atom is -0.497 e. The van der Waals surface area contributed by atoms with Gasteiger partial charge in [-0.05, 0) is 30.3 Å². The number of pyridine rings is 1. The summed E-state index contributed by atoms with van der Waals surface area (Å²) in [5.41, 5.74) is 7.31. The van der Waals surface area contributed by atoms with Gasteiger partial charge in [0.2, 0.25) is 0 Å². The van der Waals surface area contributed by atoms with Crippen molar-refractivity contribution in [3.05, 3.63) is 54.7 Å². The molecule has 3 aromatic rings. The quantitative estimate of drug-likeness (QED) is 0.736. The van der Waals surface area contributed by atoms with Crippen LogP contribution in [0.3, 0.4) is 0 Å². The molecule has 100 valence electrons. The summed E-state index contributed by atoms with van der Waals surface area (Å²) in [5.74, 6) is 2.18. The summed E-state index contributed by atoms with van der Waals surface area (Å²) in [4.78, 5) is 4.29. The van der Waals surface area contributed by atoms with Crippen molar-refractivity contribution in [2.24, 2.45) is 0 Å². The molecule has 3 rings (SSSR count). The van der Waals surface area contributed by atoms with Gasteiger partial charge in [-0.3, -0.25) is 4.98 Å². The topological polar surface area (TPSA) is 57.4 Å². The molecule has 0 spiro atoms. The van der Waals surface area contributed by atoms with E-state index in [1.54, 1.807) is 13.3 Å². The molecule has 0 fully saturated rings. The number of nitrogen functional groups attached to an aromatic ring is 1. The lowest BCUT2D eigenvalue weighted by Gasteiger charge is -2.10. The number of benzene rings is 2. The van der Waals surface area contributed by atoms with Crippen LogP contribution in [0.15, 0.2) is 54.7 Å². The molecule has 0 saturated carbocycles. The lowest BCUT2D eigenvalue weighted by atomic mass is 10.2. The maximum atomic E-state index is 5.93. The number of hydrogen-bond donors (Lipinski definition) is 1. The Hall–Kier alpha value is -2.75. The molecule has 0 aliphatic rings. The van der Waals surface area contributed by atoms with E-state index in [9.17, 15) is 0 Å². The second kappa shape index (κ2) is 5.09. The third kappa shape index (κ3) is 2.23. The lowest BCUT2D eigenvalue weighted by molar-refractivity contribution is 0.409. The average molecular weight is 266 g/mol. The van der Waals surface area contributed by atoms with Gasteiger partial charge in [0, 0.05) is 17.6 Å². The second-order valence-corrected chi connectivity index (χ2v) is 4.33. The minimum atomic E-state index is 0.638. The molecule has 2 N–H and O–H groups in total. The third-order valence-electron chi connectivity index (χ3n) is 3.03. The highest BCUT2D eigenvalue weighted by molar-refractivity contribution is 5.93. The molecule has 20 heavy (non-hydrogen) atoms. The molecule has 0 bridgehead atoms. The van der Waals surface area contributed by atoms with Crippen molar-refractivity contribution in [2.75, 3.05) is 12.8 Å². The summed E-state index contributed by atoms with van der Waals surface area (Å²) in [6.45, 7) is 0. The number of aromatic nitrogens is 1. The monoisotopic (exact) mass is 266 g/mol. The van der Waals surface area contributed by atoms with Crippen molar-refractivity contribution in [2.45, 2.75) is 0 Å². The van der Waals surface area contributed by atoms with Crippen molar-refractivity contribution >= 4 is 16.6 Å². The fourth-order valence-corrected chi connectivity index (χ4v) is 2.05. The van der Waals surface area contributed by atoms with E-state index in [0.717, 1.165) is 22.4 Å². The predicted octanol–water partition coefficient (Wildman–Crippen LogP) is 3.62. The maximum absolute atomic E-state index is 5.93. The molecule has 0 aliphatic carbocycles. The van der Waals surface area contributed by atoms with Crippen LogP contribution in [0.25, 0.3) is 10.9 Å². The zero-order valence-electron chi connectivity index (χ0n) is 11.0. The normalized spacial score (nSPS) is 10.4. The van der Waals surface area contributed by atoms with Crippen LogP contribution >= 0.6 is 0 Å². The molecule has 0 aliphatic heterocycles. The number of anilines is 1. The van der Waals surface area contributed by atoms with Gasteiger partial charge in [0.15, 0.2) is 0 Å². The fourth-order valence-electron chi connectivity index (χ4n) is 2.05. The number of nitrogens with two attached hydrogens (primary N) is 1. The largest absolute Gasteiger partial charge is 0.497 e. The Labute approximate surface area is 116 Å². The van der Waals surface area contributed by atoms with Crippen LogP contribution in [0.1, 0.15) is 0 Å². The van der Waals surface area contributed by atoms with E-state index < -0.39 is 0 Å². The van der Waals surface area contributed by atoms with Crippen LogP contribution < -0.4 is 15.2 Å². The van der Waals surface area contributed by atoms with Gasteiger partial charge in [-0.1, -0.05) is 12.1 Å². The van der Waals surface area contributed by atoms with Gasteiger partial charge < -0.3 is 15.2 Å². The van der Waals surface area contributed by atoms with Gasteiger partial charge in [0.25, 0.3) is 0 Å². The Morgan fingerprint density at radius 2 is 1.80 bits per heavy atom. The smallest absolute Gasteiger partial charge is 0.138 e. The first-order chi connectivity index (χ1) is 9.78. The molecule has 0 radical (unpaired) electrons. The molecular weight excluding hydrogens is 252 g/mol. The highest BCUT2D eigenvalue weighted by Gasteiger charge is 2.06. The number of methoxy groups -OCH3 is 1. The summed E-state index contributed by atoms with van der Waals surface area (Å²) in [6, 6.07) is 14.9. The zero-order chi connectivity index (χ0) is 13.9. The first-order valence-electron chi connectivity index (χ1n) is 6.23. The van der Waals surface area contributed by atoms with Gasteiger partial charge in [-0.15, -0.1) is 0 Å². The number of rotatable bonds is 3. The Bertz CT molecular complexity index is 756. The molecule has 0 amide bonds. The van der Waals surface area contributed by atoms with Crippen LogP contribution in [0.5, 0.6) is 17.2 Å². The predicted molar refractivity (Wildman–Crippen MR) is 79.2 cm³/mol. The van der Waals surface area contributed by atoms with E-state index in [4.69, 9.17) is 15.2 Å². The lowest BCUT2D eigenvalue weighted by Crippen LogP contribution is -1.92. The number of nitrogens with zero attached hydrogens (tertiary/aromatic N) is 1. The molecule has 1 aromatic heterocycles.